The van der Waals surface area contributed by atoms with Gasteiger partial charge in [0.25, 0.3) is 5.91 Å². The van der Waals surface area contributed by atoms with Crippen molar-refractivity contribution >= 4 is 5.91 Å². The Morgan fingerprint density at radius 3 is 2.26 bits per heavy atom. The van der Waals surface area contributed by atoms with Gasteiger partial charge in [0.15, 0.2) is 5.60 Å². The number of nitrogens with two attached hydrogens (primary N) is 1. The smallest absolute Gasteiger partial charge is 0.254 e. The third kappa shape index (κ3) is 5.57. The van der Waals surface area contributed by atoms with Gasteiger partial charge < -0.3 is 15.8 Å². The van der Waals surface area contributed by atoms with Crippen molar-refractivity contribution < 1.29 is 9.53 Å². The van der Waals surface area contributed by atoms with Crippen LogP contribution in [0.3, 0.4) is 0 Å². The second-order valence-electron chi connectivity index (χ2n) is 5.22. The number of carbonyl (C=O) groups is 1. The summed E-state index contributed by atoms with van der Waals surface area (Å²) in [5.41, 5.74) is 4.37. The zero-order valence-electron chi connectivity index (χ0n) is 12.0. The van der Waals surface area contributed by atoms with E-state index in [-0.39, 0.29) is 6.10 Å². The van der Waals surface area contributed by atoms with Crippen LogP contribution < -0.4 is 11.1 Å². The molecule has 1 aliphatic carbocycles. The molecule has 1 fully saturated rings. The predicted octanol–water partition coefficient (Wildman–Crippen LogP) is 1.91. The SMILES string of the molecule is C1CCNCC1.CC(C)OC1(C(N)=O)C=CC=CC1. The van der Waals surface area contributed by atoms with Crippen LogP contribution in [0, 0.1) is 0 Å². The molecule has 0 aromatic carbocycles. The topological polar surface area (TPSA) is 64.3 Å². The normalized spacial score (nSPS) is 25.8. The maximum Gasteiger partial charge on any atom is 0.254 e. The lowest BCUT2D eigenvalue weighted by Crippen LogP contribution is -2.46. The minimum atomic E-state index is -0.928. The lowest BCUT2D eigenvalue weighted by molar-refractivity contribution is -0.141. The van der Waals surface area contributed by atoms with Crippen molar-refractivity contribution in [1.82, 2.24) is 5.32 Å². The molecule has 3 N–H and O–H groups in total. The molecule has 0 aromatic rings. The van der Waals surface area contributed by atoms with E-state index in [0.29, 0.717) is 6.42 Å². The number of amides is 1. The number of hydrogen-bond acceptors (Lipinski definition) is 3. The highest BCUT2D eigenvalue weighted by Crippen LogP contribution is 2.23. The largest absolute Gasteiger partial charge is 0.367 e. The summed E-state index contributed by atoms with van der Waals surface area (Å²) in [6, 6.07) is 0. The van der Waals surface area contributed by atoms with E-state index in [1.807, 2.05) is 26.0 Å². The molecule has 0 bridgehead atoms. The molecule has 0 aromatic heterocycles. The van der Waals surface area contributed by atoms with Crippen molar-refractivity contribution in [3.05, 3.63) is 24.3 Å². The predicted molar refractivity (Wildman–Crippen MR) is 77.8 cm³/mol. The van der Waals surface area contributed by atoms with E-state index in [2.05, 4.69) is 5.32 Å². The fourth-order valence-electron chi connectivity index (χ4n) is 2.15. The summed E-state index contributed by atoms with van der Waals surface area (Å²) in [6.07, 6.45) is 12.0. The summed E-state index contributed by atoms with van der Waals surface area (Å²) >= 11 is 0. The molecular formula is C15H26N2O2. The van der Waals surface area contributed by atoms with E-state index in [9.17, 15) is 4.79 Å². The molecule has 2 rings (SSSR count). The van der Waals surface area contributed by atoms with Crippen molar-refractivity contribution in [3.63, 3.8) is 0 Å². The molecule has 1 unspecified atom stereocenters. The monoisotopic (exact) mass is 266 g/mol. The van der Waals surface area contributed by atoms with Crippen LogP contribution in [0.25, 0.3) is 0 Å². The molecular weight excluding hydrogens is 240 g/mol. The highest BCUT2D eigenvalue weighted by Gasteiger charge is 2.35. The molecule has 2 aliphatic rings. The maximum absolute atomic E-state index is 11.2. The van der Waals surface area contributed by atoms with E-state index in [1.165, 1.54) is 32.4 Å². The Labute approximate surface area is 116 Å². The summed E-state index contributed by atoms with van der Waals surface area (Å²) in [4.78, 5) is 11.2. The fraction of sp³-hybridized carbons (Fsp3) is 0.667. The second kappa shape index (κ2) is 8.12. The first-order valence-corrected chi connectivity index (χ1v) is 7.09. The number of nitrogens with one attached hydrogen (secondary N) is 1. The van der Waals surface area contributed by atoms with Crippen LogP contribution in [-0.2, 0) is 9.53 Å². The van der Waals surface area contributed by atoms with E-state index >= 15 is 0 Å². The minimum absolute atomic E-state index is 0.0105. The van der Waals surface area contributed by atoms with Crippen molar-refractivity contribution in [2.75, 3.05) is 13.1 Å². The Bertz CT molecular complexity index is 322. The van der Waals surface area contributed by atoms with Crippen LogP contribution >= 0.6 is 0 Å². The van der Waals surface area contributed by atoms with E-state index in [4.69, 9.17) is 10.5 Å². The number of primary amides is 1. The fourth-order valence-corrected chi connectivity index (χ4v) is 2.15. The number of ether oxygens (including phenoxy) is 1. The van der Waals surface area contributed by atoms with Gasteiger partial charge in [0, 0.05) is 6.42 Å². The van der Waals surface area contributed by atoms with E-state index in [1.54, 1.807) is 12.2 Å². The average molecular weight is 266 g/mol. The molecule has 0 spiro atoms. The molecule has 1 amide bonds. The number of piperidine rings is 1. The van der Waals surface area contributed by atoms with Gasteiger partial charge in [-0.15, -0.1) is 0 Å². The zero-order valence-corrected chi connectivity index (χ0v) is 12.0. The summed E-state index contributed by atoms with van der Waals surface area (Å²) in [5.74, 6) is -0.429. The van der Waals surface area contributed by atoms with Gasteiger partial charge in [-0.1, -0.05) is 24.6 Å². The molecule has 1 atom stereocenters. The Kier molecular flexibility index (Phi) is 6.81. The molecule has 0 saturated carbocycles. The van der Waals surface area contributed by atoms with Gasteiger partial charge in [-0.05, 0) is 45.9 Å². The van der Waals surface area contributed by atoms with Crippen molar-refractivity contribution in [3.8, 4) is 0 Å². The van der Waals surface area contributed by atoms with Crippen LogP contribution in [0.5, 0.6) is 0 Å². The molecule has 0 radical (unpaired) electrons. The quantitative estimate of drug-likeness (QED) is 0.820. The Balaban J connectivity index is 0.000000250. The van der Waals surface area contributed by atoms with Crippen LogP contribution in [0.4, 0.5) is 0 Å². The number of hydrogen-bond donors (Lipinski definition) is 2. The highest BCUT2D eigenvalue weighted by atomic mass is 16.5. The number of rotatable bonds is 3. The Hall–Kier alpha value is -1.13. The standard InChI is InChI=1S/C10H15NO2.C5H11N/c1-8(2)13-10(9(11)12)6-4-3-5-7-10;1-2-4-6-5-3-1/h3-6,8H,7H2,1-2H3,(H2,11,12);6H,1-5H2. The van der Waals surface area contributed by atoms with Crippen molar-refractivity contribution in [2.45, 2.75) is 51.2 Å². The average Bonchev–Trinajstić information content (AvgIpc) is 2.41. The first-order valence-electron chi connectivity index (χ1n) is 7.09. The first kappa shape index (κ1) is 15.9. The van der Waals surface area contributed by atoms with Gasteiger partial charge in [-0.2, -0.15) is 0 Å². The van der Waals surface area contributed by atoms with Crippen molar-refractivity contribution in [1.29, 1.82) is 0 Å². The third-order valence-corrected chi connectivity index (χ3v) is 3.10. The van der Waals surface area contributed by atoms with Gasteiger partial charge in [0.05, 0.1) is 6.10 Å². The van der Waals surface area contributed by atoms with Crippen molar-refractivity contribution in [2.24, 2.45) is 5.73 Å². The number of allylic oxidation sites excluding steroid dienone is 2. The zero-order chi connectivity index (χ0) is 14.1. The van der Waals surface area contributed by atoms with Gasteiger partial charge in [0.1, 0.15) is 0 Å². The number of carbonyl (C=O) groups excluding carboxylic acids is 1. The van der Waals surface area contributed by atoms with Gasteiger partial charge >= 0.3 is 0 Å². The van der Waals surface area contributed by atoms with Crippen LogP contribution in [0.1, 0.15) is 39.5 Å². The van der Waals surface area contributed by atoms with Gasteiger partial charge in [-0.3, -0.25) is 4.79 Å². The van der Waals surface area contributed by atoms with E-state index in [0.717, 1.165) is 0 Å². The maximum atomic E-state index is 11.2. The molecule has 4 heteroatoms. The highest BCUT2D eigenvalue weighted by molar-refractivity contribution is 5.86. The summed E-state index contributed by atoms with van der Waals surface area (Å²) < 4.78 is 5.53. The lowest BCUT2D eigenvalue weighted by atomic mass is 9.94. The summed E-state index contributed by atoms with van der Waals surface area (Å²) in [7, 11) is 0. The molecule has 4 nitrogen and oxygen atoms in total. The third-order valence-electron chi connectivity index (χ3n) is 3.10. The molecule has 19 heavy (non-hydrogen) atoms. The van der Waals surface area contributed by atoms with E-state index < -0.39 is 11.5 Å². The van der Waals surface area contributed by atoms with Gasteiger partial charge in [0.2, 0.25) is 0 Å². The molecule has 108 valence electrons. The molecule has 1 aliphatic heterocycles. The Morgan fingerprint density at radius 2 is 1.95 bits per heavy atom. The summed E-state index contributed by atoms with van der Waals surface area (Å²) in [6.45, 7) is 6.27. The van der Waals surface area contributed by atoms with Crippen LogP contribution in [0.2, 0.25) is 0 Å². The van der Waals surface area contributed by atoms with Crippen LogP contribution in [-0.4, -0.2) is 30.7 Å². The van der Waals surface area contributed by atoms with Gasteiger partial charge in [-0.25, -0.2) is 0 Å². The Morgan fingerprint density at radius 1 is 1.26 bits per heavy atom. The first-order chi connectivity index (χ1) is 9.07. The molecule has 1 heterocycles. The van der Waals surface area contributed by atoms with Crippen LogP contribution in [0.15, 0.2) is 24.3 Å². The second-order valence-corrected chi connectivity index (χ2v) is 5.22. The minimum Gasteiger partial charge on any atom is -0.367 e. The molecule has 1 saturated heterocycles. The summed E-state index contributed by atoms with van der Waals surface area (Å²) in [5, 5.41) is 3.28. The lowest BCUT2D eigenvalue weighted by Gasteiger charge is -2.29.